The molecule has 1 aromatic heterocycles. The number of amides is 3. The van der Waals surface area contributed by atoms with Crippen LogP contribution in [0, 0.1) is 0 Å². The number of para-hydroxylation sites is 1. The van der Waals surface area contributed by atoms with E-state index in [0.29, 0.717) is 50.3 Å². The number of nitrogens with zero attached hydrogens (tertiary/aromatic N) is 5. The third-order valence-corrected chi connectivity index (χ3v) is 6.84. The average Bonchev–Trinajstić information content (AvgIpc) is 3.38. The number of alkyl halides is 3. The first kappa shape index (κ1) is 30.0. The van der Waals surface area contributed by atoms with Gasteiger partial charge in [0, 0.05) is 40.4 Å². The fourth-order valence-electron chi connectivity index (χ4n) is 4.43. The Morgan fingerprint density at radius 3 is 2.56 bits per heavy atom. The Labute approximate surface area is 226 Å². The van der Waals surface area contributed by atoms with Gasteiger partial charge >= 0.3 is 6.18 Å². The van der Waals surface area contributed by atoms with Gasteiger partial charge in [0.15, 0.2) is 5.69 Å². The van der Waals surface area contributed by atoms with Gasteiger partial charge in [-0.15, -0.1) is 0 Å². The quantitative estimate of drug-likeness (QED) is 0.490. The van der Waals surface area contributed by atoms with Gasteiger partial charge in [0.05, 0.1) is 12.2 Å². The number of carbonyl (C=O) groups is 3. The first-order valence-corrected chi connectivity index (χ1v) is 13.1. The van der Waals surface area contributed by atoms with Gasteiger partial charge < -0.3 is 19.4 Å². The second kappa shape index (κ2) is 13.5. The van der Waals surface area contributed by atoms with E-state index in [9.17, 15) is 27.6 Å². The topological polar surface area (TPSA) is 88.0 Å². The van der Waals surface area contributed by atoms with Crippen LogP contribution in [0.25, 0.3) is 0 Å². The number of hydrogen-bond acceptors (Lipinski definition) is 5. The van der Waals surface area contributed by atoms with E-state index in [4.69, 9.17) is 4.74 Å². The van der Waals surface area contributed by atoms with Gasteiger partial charge in [-0.2, -0.15) is 18.3 Å². The van der Waals surface area contributed by atoms with Crippen molar-refractivity contribution in [1.29, 1.82) is 0 Å². The molecule has 0 spiro atoms. The Morgan fingerprint density at radius 1 is 1.10 bits per heavy atom. The third-order valence-electron chi connectivity index (χ3n) is 6.84. The maximum absolute atomic E-state index is 13.4. The molecule has 0 radical (unpaired) electrons. The Bertz CT molecular complexity index is 1140. The van der Waals surface area contributed by atoms with E-state index < -0.39 is 17.9 Å². The van der Waals surface area contributed by atoms with Crippen molar-refractivity contribution in [2.24, 2.45) is 0 Å². The molecule has 9 nitrogen and oxygen atoms in total. The molecule has 214 valence electrons. The summed E-state index contributed by atoms with van der Waals surface area (Å²) in [6, 6.07) is 7.14. The lowest BCUT2D eigenvalue weighted by atomic mass is 10.0. The highest BCUT2D eigenvalue weighted by Crippen LogP contribution is 2.27. The number of unbranched alkanes of at least 4 members (excludes halogenated alkanes) is 1. The highest BCUT2D eigenvalue weighted by molar-refractivity contribution is 5.99. The molecule has 0 unspecified atom stereocenters. The Kier molecular flexibility index (Phi) is 10.4. The average molecular weight is 552 g/mol. The van der Waals surface area contributed by atoms with Crippen LogP contribution in [0.15, 0.2) is 36.5 Å². The van der Waals surface area contributed by atoms with Crippen LogP contribution in [0.4, 0.5) is 13.2 Å². The molecule has 12 heteroatoms. The second-order valence-electron chi connectivity index (χ2n) is 9.80. The molecule has 0 saturated heterocycles. The summed E-state index contributed by atoms with van der Waals surface area (Å²) in [6.07, 6.45) is 0.586. The van der Waals surface area contributed by atoms with Crippen LogP contribution in [0.3, 0.4) is 0 Å². The Hall–Kier alpha value is -3.57. The minimum absolute atomic E-state index is 0.146. The third kappa shape index (κ3) is 8.21. The summed E-state index contributed by atoms with van der Waals surface area (Å²) in [5.74, 6) is -0.338. The zero-order valence-electron chi connectivity index (χ0n) is 22.6. The van der Waals surface area contributed by atoms with E-state index >= 15 is 0 Å². The van der Waals surface area contributed by atoms with Crippen LogP contribution in [0.2, 0.25) is 0 Å². The van der Waals surface area contributed by atoms with Crippen molar-refractivity contribution in [2.75, 3.05) is 40.8 Å². The van der Waals surface area contributed by atoms with Gasteiger partial charge in [0.25, 0.3) is 5.91 Å². The maximum atomic E-state index is 13.4. The summed E-state index contributed by atoms with van der Waals surface area (Å²) in [6.45, 7) is 1.10. The second-order valence-corrected chi connectivity index (χ2v) is 9.80. The molecule has 0 saturated carbocycles. The van der Waals surface area contributed by atoms with E-state index in [-0.39, 0.29) is 24.3 Å². The number of fused-ring (bicyclic) bond motifs is 1. The van der Waals surface area contributed by atoms with E-state index in [1.165, 1.54) is 9.80 Å². The van der Waals surface area contributed by atoms with E-state index in [1.807, 2.05) is 0 Å². The molecule has 2 aromatic rings. The van der Waals surface area contributed by atoms with Gasteiger partial charge in [-0.05, 0) is 56.7 Å². The molecule has 1 aliphatic heterocycles. The Balaban J connectivity index is 1.61. The van der Waals surface area contributed by atoms with Gasteiger partial charge in [-0.1, -0.05) is 12.1 Å². The Morgan fingerprint density at radius 2 is 1.85 bits per heavy atom. The van der Waals surface area contributed by atoms with Crippen LogP contribution in [-0.2, 0) is 22.3 Å². The number of ether oxygens (including phenoxy) is 1. The molecular formula is C27H36F3N5O4. The van der Waals surface area contributed by atoms with Gasteiger partial charge in [0.2, 0.25) is 11.8 Å². The number of benzene rings is 1. The first-order chi connectivity index (χ1) is 18.5. The lowest BCUT2D eigenvalue weighted by molar-refractivity contribution is -0.142. The molecule has 39 heavy (non-hydrogen) atoms. The molecule has 1 aliphatic rings. The van der Waals surface area contributed by atoms with Crippen molar-refractivity contribution in [2.45, 2.75) is 57.3 Å². The smallest absolute Gasteiger partial charge is 0.435 e. The van der Waals surface area contributed by atoms with Gasteiger partial charge in [-0.3, -0.25) is 19.1 Å². The van der Waals surface area contributed by atoms with Crippen LogP contribution >= 0.6 is 0 Å². The number of aromatic nitrogens is 2. The van der Waals surface area contributed by atoms with E-state index in [0.717, 1.165) is 36.2 Å². The summed E-state index contributed by atoms with van der Waals surface area (Å²) in [5.41, 5.74) is -0.648. The van der Waals surface area contributed by atoms with Crippen LogP contribution in [0.5, 0.6) is 5.75 Å². The standard InChI is InChI=1S/C27H36F3N5O4/c1-32(24(36)19-35-17-14-23(31-35)27(28,29)30)15-9-7-12-21-26(38)33(2)16-8-4-10-18-39-22-13-6-5-11-20(22)25(37)34(21)3/h5-6,11,13-14,17,21H,4,7-10,12,15-16,18-19H2,1-3H3/t21-/m0/s1. The van der Waals surface area contributed by atoms with E-state index in [2.05, 4.69) is 5.10 Å². The molecule has 3 amide bonds. The van der Waals surface area contributed by atoms with E-state index in [1.54, 1.807) is 50.3 Å². The van der Waals surface area contributed by atoms with Crippen molar-refractivity contribution in [3.05, 3.63) is 47.8 Å². The molecule has 0 fully saturated rings. The molecule has 1 atom stereocenters. The lowest BCUT2D eigenvalue weighted by Gasteiger charge is -2.31. The molecular weight excluding hydrogens is 515 g/mol. The van der Waals surface area contributed by atoms with Crippen molar-refractivity contribution >= 4 is 17.7 Å². The molecule has 0 aliphatic carbocycles. The lowest BCUT2D eigenvalue weighted by Crippen LogP contribution is -2.48. The number of carbonyl (C=O) groups excluding carboxylic acids is 3. The van der Waals surface area contributed by atoms with Gasteiger partial charge in [-0.25, -0.2) is 0 Å². The monoisotopic (exact) mass is 551 g/mol. The van der Waals surface area contributed by atoms with Crippen LogP contribution in [0.1, 0.15) is 54.6 Å². The molecule has 3 rings (SSSR count). The number of halogens is 3. The minimum Gasteiger partial charge on any atom is -0.493 e. The van der Waals surface area contributed by atoms with Crippen LogP contribution < -0.4 is 4.74 Å². The largest absolute Gasteiger partial charge is 0.493 e. The highest BCUT2D eigenvalue weighted by Gasteiger charge is 2.34. The highest BCUT2D eigenvalue weighted by atomic mass is 19.4. The summed E-state index contributed by atoms with van der Waals surface area (Å²) < 4.78 is 45.1. The van der Waals surface area contributed by atoms with Crippen LogP contribution in [-0.4, -0.2) is 89.1 Å². The summed E-state index contributed by atoms with van der Waals surface area (Å²) in [4.78, 5) is 43.8. The van der Waals surface area contributed by atoms with Crippen molar-refractivity contribution in [1.82, 2.24) is 24.5 Å². The summed E-state index contributed by atoms with van der Waals surface area (Å²) >= 11 is 0. The number of likely N-dealkylation sites (N-methyl/N-ethyl adjacent to an activating group) is 3. The fourth-order valence-corrected chi connectivity index (χ4v) is 4.43. The fraction of sp³-hybridized carbons (Fsp3) is 0.556. The molecule has 2 heterocycles. The summed E-state index contributed by atoms with van der Waals surface area (Å²) in [5, 5.41) is 3.41. The predicted octanol–water partition coefficient (Wildman–Crippen LogP) is 3.69. The maximum Gasteiger partial charge on any atom is 0.435 e. The number of hydrogen-bond donors (Lipinski definition) is 0. The molecule has 0 bridgehead atoms. The summed E-state index contributed by atoms with van der Waals surface area (Å²) in [7, 11) is 4.93. The first-order valence-electron chi connectivity index (χ1n) is 13.1. The molecule has 0 N–H and O–H groups in total. The zero-order chi connectivity index (χ0) is 28.6. The molecule has 1 aromatic carbocycles. The normalized spacial score (nSPS) is 17.5. The van der Waals surface area contributed by atoms with Crippen molar-refractivity contribution < 1.29 is 32.3 Å². The van der Waals surface area contributed by atoms with Crippen molar-refractivity contribution in [3.8, 4) is 5.75 Å². The number of rotatable bonds is 7. The van der Waals surface area contributed by atoms with Crippen molar-refractivity contribution in [3.63, 3.8) is 0 Å². The SMILES string of the molecule is CN(CCCC[C@H]1C(=O)N(C)CCCCCOc2ccccc2C(=O)N1C)C(=O)Cn1ccc(C(F)(F)F)n1. The zero-order valence-corrected chi connectivity index (χ0v) is 22.6. The van der Waals surface area contributed by atoms with Gasteiger partial charge in [0.1, 0.15) is 18.3 Å². The predicted molar refractivity (Wildman–Crippen MR) is 138 cm³/mol. The minimum atomic E-state index is -4.57.